The molecule has 0 unspecified atom stereocenters. The molecule has 2 aromatic carbocycles. The number of benzene rings is 2. The van der Waals surface area contributed by atoms with Gasteiger partial charge in [0, 0.05) is 15.2 Å². The first kappa shape index (κ1) is 19.8. The normalized spacial score (nSPS) is 11.2. The molecule has 0 saturated heterocycles. The van der Waals surface area contributed by atoms with Gasteiger partial charge >= 0.3 is 0 Å². The van der Waals surface area contributed by atoms with Crippen molar-refractivity contribution in [2.75, 3.05) is 0 Å². The van der Waals surface area contributed by atoms with E-state index in [1.54, 1.807) is 17.8 Å². The van der Waals surface area contributed by atoms with Gasteiger partial charge in [0.15, 0.2) is 0 Å². The third kappa shape index (κ3) is 5.74. The van der Waals surface area contributed by atoms with Crippen molar-refractivity contribution < 1.29 is 5.11 Å². The lowest BCUT2D eigenvalue weighted by molar-refractivity contribution is 0.469. The molecule has 0 radical (unpaired) electrons. The Labute approximate surface area is 167 Å². The molecule has 142 valence electrons. The second kappa shape index (κ2) is 9.80. The molecule has 1 N–H and O–H groups in total. The largest absolute Gasteiger partial charge is 0.506 e. The zero-order valence-electron chi connectivity index (χ0n) is 16.4. The fraction of sp³-hybridized carbons (Fsp3) is 0.375. The second-order valence-electron chi connectivity index (χ2n) is 7.21. The molecule has 0 saturated carbocycles. The molecule has 0 bridgehead atoms. The Balaban J connectivity index is 1.56. The van der Waals surface area contributed by atoms with Crippen molar-refractivity contribution in [2.24, 2.45) is 0 Å². The second-order valence-corrected chi connectivity index (χ2v) is 8.36. The van der Waals surface area contributed by atoms with Gasteiger partial charge in [-0.05, 0) is 55.7 Å². The van der Waals surface area contributed by atoms with Gasteiger partial charge in [-0.3, -0.25) is 0 Å². The summed E-state index contributed by atoms with van der Waals surface area (Å²) in [7, 11) is 0. The average molecular weight is 380 g/mol. The fourth-order valence-electron chi connectivity index (χ4n) is 3.27. The van der Waals surface area contributed by atoms with E-state index in [2.05, 4.69) is 48.3 Å². The topological polar surface area (TPSA) is 33.1 Å². The highest BCUT2D eigenvalue weighted by atomic mass is 32.2. The lowest BCUT2D eigenvalue weighted by atomic mass is 10.1. The summed E-state index contributed by atoms with van der Waals surface area (Å²) in [4.78, 5) is 6.91. The Bertz CT molecular complexity index is 873. The standard InChI is InChI=1S/C24H29NOS/c1-3-4-5-6-7-8-9-19-10-13-21(14-11-19)27-22-15-12-20-16-24(26)18(2)25-23(20)17-22/h10-17,26H,3-9H2,1-2H3. The van der Waals surface area contributed by atoms with Crippen LogP contribution in [0.1, 0.15) is 56.7 Å². The third-order valence-electron chi connectivity index (χ3n) is 4.93. The SMILES string of the molecule is CCCCCCCCc1ccc(Sc2ccc3cc(O)c(C)nc3c2)cc1. The van der Waals surface area contributed by atoms with Crippen molar-refractivity contribution in [1.82, 2.24) is 4.98 Å². The molecule has 3 heteroatoms. The first-order chi connectivity index (χ1) is 13.2. The summed E-state index contributed by atoms with van der Waals surface area (Å²) in [5, 5.41) is 10.8. The number of hydrogen-bond donors (Lipinski definition) is 1. The number of fused-ring (bicyclic) bond motifs is 1. The van der Waals surface area contributed by atoms with Crippen LogP contribution >= 0.6 is 11.8 Å². The van der Waals surface area contributed by atoms with E-state index in [4.69, 9.17) is 0 Å². The number of aromatic nitrogens is 1. The summed E-state index contributed by atoms with van der Waals surface area (Å²) in [5.41, 5.74) is 3.03. The van der Waals surface area contributed by atoms with Gasteiger partial charge in [-0.2, -0.15) is 0 Å². The van der Waals surface area contributed by atoms with Crippen LogP contribution in [-0.4, -0.2) is 10.1 Å². The van der Waals surface area contributed by atoms with Crippen molar-refractivity contribution in [2.45, 2.75) is 68.6 Å². The number of pyridine rings is 1. The number of rotatable bonds is 9. The number of aromatic hydroxyl groups is 1. The van der Waals surface area contributed by atoms with Gasteiger partial charge in [-0.25, -0.2) is 4.98 Å². The first-order valence-corrected chi connectivity index (χ1v) is 10.8. The van der Waals surface area contributed by atoms with Crippen LogP contribution in [0.4, 0.5) is 0 Å². The molecule has 0 fully saturated rings. The Hall–Kier alpha value is -2.00. The van der Waals surface area contributed by atoms with Crippen molar-refractivity contribution in [1.29, 1.82) is 0 Å². The molecule has 0 aliphatic heterocycles. The lowest BCUT2D eigenvalue weighted by Gasteiger charge is -2.07. The van der Waals surface area contributed by atoms with E-state index in [0.717, 1.165) is 10.9 Å². The summed E-state index contributed by atoms with van der Waals surface area (Å²) >= 11 is 1.76. The highest BCUT2D eigenvalue weighted by Gasteiger charge is 2.04. The third-order valence-corrected chi connectivity index (χ3v) is 5.93. The first-order valence-electron chi connectivity index (χ1n) is 10.0. The van der Waals surface area contributed by atoms with Gasteiger partial charge in [-0.1, -0.05) is 69.0 Å². The molecule has 3 aromatic rings. The smallest absolute Gasteiger partial charge is 0.137 e. The Morgan fingerprint density at radius 2 is 1.56 bits per heavy atom. The molecular formula is C24H29NOS. The van der Waals surface area contributed by atoms with Crippen LogP contribution < -0.4 is 0 Å². The van der Waals surface area contributed by atoms with E-state index < -0.39 is 0 Å². The average Bonchev–Trinajstić information content (AvgIpc) is 2.67. The monoisotopic (exact) mass is 379 g/mol. The highest BCUT2D eigenvalue weighted by Crippen LogP contribution is 2.31. The molecule has 0 aliphatic carbocycles. The summed E-state index contributed by atoms with van der Waals surface area (Å²) in [6, 6.07) is 16.9. The van der Waals surface area contributed by atoms with Gasteiger partial charge in [0.2, 0.25) is 0 Å². The molecule has 3 rings (SSSR count). The molecule has 2 nitrogen and oxygen atoms in total. The molecular weight excluding hydrogens is 350 g/mol. The van der Waals surface area contributed by atoms with E-state index in [-0.39, 0.29) is 5.75 Å². The summed E-state index contributed by atoms with van der Waals surface area (Å²) in [6.45, 7) is 4.09. The Morgan fingerprint density at radius 3 is 2.33 bits per heavy atom. The number of hydrogen-bond acceptors (Lipinski definition) is 3. The fourth-order valence-corrected chi connectivity index (χ4v) is 4.12. The number of nitrogens with zero attached hydrogens (tertiary/aromatic N) is 1. The summed E-state index contributed by atoms with van der Waals surface area (Å²) in [5.74, 6) is 0.254. The minimum atomic E-state index is 0.254. The molecule has 0 amide bonds. The van der Waals surface area contributed by atoms with Crippen LogP contribution in [-0.2, 0) is 6.42 Å². The van der Waals surface area contributed by atoms with E-state index in [1.807, 2.05) is 13.0 Å². The zero-order valence-corrected chi connectivity index (χ0v) is 17.2. The van der Waals surface area contributed by atoms with Crippen LogP contribution in [0.5, 0.6) is 5.75 Å². The summed E-state index contributed by atoms with van der Waals surface area (Å²) in [6.07, 6.45) is 9.25. The van der Waals surface area contributed by atoms with Crippen molar-refractivity contribution in [3.05, 3.63) is 59.8 Å². The Kier molecular flexibility index (Phi) is 7.17. The van der Waals surface area contributed by atoms with Crippen LogP contribution in [0, 0.1) is 6.92 Å². The molecule has 0 spiro atoms. The molecule has 27 heavy (non-hydrogen) atoms. The predicted molar refractivity (Wildman–Crippen MR) is 116 cm³/mol. The van der Waals surface area contributed by atoms with Crippen LogP contribution in [0.25, 0.3) is 10.9 Å². The van der Waals surface area contributed by atoms with Gasteiger partial charge in [0.05, 0.1) is 11.2 Å². The summed E-state index contributed by atoms with van der Waals surface area (Å²) < 4.78 is 0. The van der Waals surface area contributed by atoms with Gasteiger partial charge in [-0.15, -0.1) is 0 Å². The number of aryl methyl sites for hydroxylation is 2. The molecule has 0 aliphatic rings. The van der Waals surface area contributed by atoms with Crippen LogP contribution in [0.15, 0.2) is 58.3 Å². The highest BCUT2D eigenvalue weighted by molar-refractivity contribution is 7.99. The quantitative estimate of drug-likeness (QED) is 0.396. The maximum atomic E-state index is 9.80. The zero-order chi connectivity index (χ0) is 19.1. The predicted octanol–water partition coefficient (Wildman–Crippen LogP) is 7.30. The van der Waals surface area contributed by atoms with Crippen molar-refractivity contribution in [3.8, 4) is 5.75 Å². The maximum Gasteiger partial charge on any atom is 0.137 e. The number of unbranched alkanes of at least 4 members (excludes halogenated alkanes) is 5. The molecule has 1 aromatic heterocycles. The van der Waals surface area contributed by atoms with Crippen molar-refractivity contribution in [3.63, 3.8) is 0 Å². The van der Waals surface area contributed by atoms with Crippen LogP contribution in [0.3, 0.4) is 0 Å². The molecule has 0 atom stereocenters. The van der Waals surface area contributed by atoms with Gasteiger partial charge < -0.3 is 5.11 Å². The Morgan fingerprint density at radius 1 is 0.852 bits per heavy atom. The van der Waals surface area contributed by atoms with E-state index in [9.17, 15) is 5.11 Å². The van der Waals surface area contributed by atoms with Gasteiger partial charge in [0.1, 0.15) is 5.75 Å². The van der Waals surface area contributed by atoms with E-state index in [1.165, 1.54) is 60.3 Å². The maximum absolute atomic E-state index is 9.80. The minimum Gasteiger partial charge on any atom is -0.506 e. The van der Waals surface area contributed by atoms with E-state index in [0.29, 0.717) is 5.69 Å². The van der Waals surface area contributed by atoms with Crippen molar-refractivity contribution >= 4 is 22.7 Å². The van der Waals surface area contributed by atoms with Crippen LogP contribution in [0.2, 0.25) is 0 Å². The lowest BCUT2D eigenvalue weighted by Crippen LogP contribution is -1.87. The minimum absolute atomic E-state index is 0.254. The van der Waals surface area contributed by atoms with E-state index >= 15 is 0 Å². The molecule has 1 heterocycles. The van der Waals surface area contributed by atoms with Gasteiger partial charge in [0.25, 0.3) is 0 Å².